The van der Waals surface area contributed by atoms with E-state index in [0.29, 0.717) is 21.4 Å². The van der Waals surface area contributed by atoms with Crippen molar-refractivity contribution in [1.82, 2.24) is 0 Å². The Morgan fingerprint density at radius 1 is 0.585 bits per heavy atom. The minimum atomic E-state index is -1.16. The van der Waals surface area contributed by atoms with Crippen LogP contribution in [0.25, 0.3) is 32.7 Å². The van der Waals surface area contributed by atoms with E-state index in [1.165, 1.54) is 43.8 Å². The Bertz CT molecular complexity index is 1560. The van der Waals surface area contributed by atoms with Crippen molar-refractivity contribution in [2.24, 2.45) is 11.8 Å². The fourth-order valence-corrected chi connectivity index (χ4v) is 12.1. The molecule has 1 saturated heterocycles. The van der Waals surface area contributed by atoms with Gasteiger partial charge in [0.05, 0.1) is 0 Å². The molecule has 0 aromatic heterocycles. The van der Waals surface area contributed by atoms with Gasteiger partial charge in [0.1, 0.15) is 0 Å². The van der Waals surface area contributed by atoms with Crippen LogP contribution in [0.1, 0.15) is 45.2 Å². The summed E-state index contributed by atoms with van der Waals surface area (Å²) >= 11 is -1.16. The summed E-state index contributed by atoms with van der Waals surface area (Å²) in [6.45, 7) is 9.57. The monoisotopic (exact) mass is 760 g/mol. The molecule has 7 rings (SSSR count). The van der Waals surface area contributed by atoms with Gasteiger partial charge in [0, 0.05) is 9.52 Å². The van der Waals surface area contributed by atoms with Crippen molar-refractivity contribution in [2.75, 3.05) is 0 Å². The molecule has 1 aliphatic heterocycles. The quantitative estimate of drug-likeness (QED) is 0.278. The van der Waals surface area contributed by atoms with Crippen LogP contribution in [0.2, 0.25) is 12.1 Å². The van der Waals surface area contributed by atoms with Gasteiger partial charge in [-0.25, -0.2) is 0 Å². The van der Waals surface area contributed by atoms with Gasteiger partial charge < -0.3 is 24.8 Å². The minimum absolute atomic E-state index is 0. The van der Waals surface area contributed by atoms with Crippen molar-refractivity contribution in [3.8, 4) is 0 Å². The molecule has 4 aromatic rings. The number of rotatable bonds is 4. The van der Waals surface area contributed by atoms with E-state index in [0.717, 1.165) is 0 Å². The van der Waals surface area contributed by atoms with Crippen LogP contribution in [0.5, 0.6) is 0 Å². The van der Waals surface area contributed by atoms with E-state index in [4.69, 9.17) is 0 Å². The van der Waals surface area contributed by atoms with Gasteiger partial charge in [-0.1, -0.05) is 18.5 Å². The summed E-state index contributed by atoms with van der Waals surface area (Å²) in [7, 11) is 0.605. The van der Waals surface area contributed by atoms with Crippen LogP contribution in [0.15, 0.2) is 115 Å². The molecule has 2 atom stereocenters. The molecular weight excluding hydrogens is 722 g/mol. The van der Waals surface area contributed by atoms with E-state index in [1.807, 2.05) is 0 Å². The van der Waals surface area contributed by atoms with Crippen LogP contribution in [0.4, 0.5) is 0 Å². The first-order chi connectivity index (χ1) is 19.0. The molecule has 1 fully saturated rings. The molecule has 0 spiro atoms. The van der Waals surface area contributed by atoms with Crippen molar-refractivity contribution < 1.29 is 47.7 Å². The van der Waals surface area contributed by atoms with Gasteiger partial charge >= 0.3 is 221 Å². The van der Waals surface area contributed by atoms with Gasteiger partial charge in [0.25, 0.3) is 0 Å². The third-order valence-electron chi connectivity index (χ3n) is 8.75. The molecule has 208 valence electrons. The predicted molar refractivity (Wildman–Crippen MR) is 170 cm³/mol. The van der Waals surface area contributed by atoms with Crippen molar-refractivity contribution in [1.29, 1.82) is 0 Å². The van der Waals surface area contributed by atoms with Gasteiger partial charge in [-0.3, -0.25) is 0 Å². The molecule has 0 amide bonds. The summed E-state index contributed by atoms with van der Waals surface area (Å²) in [6, 6.07) is 34.6. The topological polar surface area (TPSA) is 0 Å². The minimum Gasteiger partial charge on any atom is -1.00 e. The second kappa shape index (κ2) is 14.0. The van der Waals surface area contributed by atoms with Crippen molar-refractivity contribution in [3.63, 3.8) is 0 Å². The van der Waals surface area contributed by atoms with E-state index in [2.05, 4.69) is 125 Å². The molecule has 41 heavy (non-hydrogen) atoms. The van der Waals surface area contributed by atoms with Gasteiger partial charge in [0.15, 0.2) is 0 Å². The molecule has 0 nitrogen and oxygen atoms in total. The van der Waals surface area contributed by atoms with Gasteiger partial charge in [-0.05, 0) is 0 Å². The van der Waals surface area contributed by atoms with Crippen molar-refractivity contribution in [2.45, 2.75) is 46.2 Å². The number of fused-ring (bicyclic) bond motifs is 2. The number of allylic oxidation sites excluding steroid dienone is 8. The molecule has 0 bridgehead atoms. The summed E-state index contributed by atoms with van der Waals surface area (Å²) in [5.74, 6) is 1.11. The molecule has 2 unspecified atom stereocenters. The molecule has 3 aliphatic rings. The number of benzene rings is 4. The van der Waals surface area contributed by atoms with E-state index >= 15 is 0 Å². The first-order valence-electron chi connectivity index (χ1n) is 14.6. The summed E-state index contributed by atoms with van der Waals surface area (Å²) in [5, 5.41) is 5.29. The van der Waals surface area contributed by atoms with Crippen LogP contribution < -0.4 is 24.8 Å². The SMILES string of the molecule is C1C[SiH2]C1.CC1=[C]([Hf+2][C]2=C(C)C(c3ccc4ccccc4c3)=CC2C)C(C)C=C1c1ccc2ccccc2c1.[Cl-].[Cl-]. The van der Waals surface area contributed by atoms with Gasteiger partial charge in [-0.2, -0.15) is 0 Å². The molecule has 4 aromatic carbocycles. The molecule has 4 heteroatoms. The molecule has 2 aliphatic carbocycles. The number of hydrogen-bond donors (Lipinski definition) is 0. The Balaban J connectivity index is 0.000000596. The summed E-state index contributed by atoms with van der Waals surface area (Å²) < 4.78 is 3.53. The van der Waals surface area contributed by atoms with E-state index in [1.54, 1.807) is 36.3 Å². The first-order valence-corrected chi connectivity index (χ1v) is 20.2. The van der Waals surface area contributed by atoms with E-state index in [-0.39, 0.29) is 24.8 Å². The van der Waals surface area contributed by atoms with Crippen LogP contribution >= 0.6 is 0 Å². The van der Waals surface area contributed by atoms with Gasteiger partial charge in [0.2, 0.25) is 0 Å². The average molecular weight is 760 g/mol. The molecule has 0 N–H and O–H groups in total. The van der Waals surface area contributed by atoms with Crippen LogP contribution in [-0.2, 0) is 22.9 Å². The third kappa shape index (κ3) is 6.67. The zero-order chi connectivity index (χ0) is 26.9. The molecule has 1 heterocycles. The molecule has 0 radical (unpaired) electrons. The largest absolute Gasteiger partial charge is 1.00 e. The van der Waals surface area contributed by atoms with Crippen LogP contribution in [-0.4, -0.2) is 9.52 Å². The predicted octanol–water partition coefficient (Wildman–Crippen LogP) is 3.79. The maximum atomic E-state index is 2.52. The zero-order valence-electron chi connectivity index (χ0n) is 24.5. The first kappa shape index (κ1) is 32.0. The standard InChI is InChI=1S/2C17H15.C3H8Si.2ClH.Hf/c2*1-12-9-13(2)17(10-12)16-8-7-14-5-3-4-6-15(14)11-16;1-2-4-3-1;;;/h2*3-8,10-12H,1-2H3;1-4H2;2*1H;/q;;;;;+2/p-2. The fraction of sp³-hybridized carbons (Fsp3) is 0.243. The van der Waals surface area contributed by atoms with Crippen LogP contribution in [0, 0.1) is 11.8 Å². The normalized spacial score (nSPS) is 19.4. The zero-order valence-corrected chi connectivity index (χ0v) is 31.0. The summed E-state index contributed by atoms with van der Waals surface area (Å²) in [6.07, 6.45) is 6.61. The number of halogens is 2. The summed E-state index contributed by atoms with van der Waals surface area (Å²) in [5.41, 5.74) is 8.74. The van der Waals surface area contributed by atoms with Gasteiger partial charge in [-0.15, -0.1) is 0 Å². The molecule has 0 saturated carbocycles. The van der Waals surface area contributed by atoms with Crippen molar-refractivity contribution >= 4 is 42.2 Å². The Morgan fingerprint density at radius 2 is 0.951 bits per heavy atom. The summed E-state index contributed by atoms with van der Waals surface area (Å²) in [4.78, 5) is 0. The maximum Gasteiger partial charge on any atom is -1.00 e. The number of hydrogen-bond acceptors (Lipinski definition) is 0. The Hall–Kier alpha value is -1.97. The van der Waals surface area contributed by atoms with E-state index < -0.39 is 22.9 Å². The smallest absolute Gasteiger partial charge is 1.00 e. The van der Waals surface area contributed by atoms with Crippen LogP contribution in [0.3, 0.4) is 0 Å². The average Bonchev–Trinajstić information content (AvgIpc) is 3.36. The Kier molecular flexibility index (Phi) is 10.9. The Morgan fingerprint density at radius 3 is 1.32 bits per heavy atom. The maximum absolute atomic E-state index is 2.52. The fourth-order valence-electron chi connectivity index (χ4n) is 6.04. The second-order valence-electron chi connectivity index (χ2n) is 11.5. The second-order valence-corrected chi connectivity index (χ2v) is 18.4. The van der Waals surface area contributed by atoms with E-state index in [9.17, 15) is 0 Å². The molecular formula is C37H38Cl2HfSi. The third-order valence-corrected chi connectivity index (χ3v) is 18.7. The Labute approximate surface area is 272 Å². The van der Waals surface area contributed by atoms with Crippen molar-refractivity contribution in [3.05, 3.63) is 126 Å².